The van der Waals surface area contributed by atoms with Crippen LogP contribution in [0.15, 0.2) is 54.6 Å². The molecule has 0 saturated carbocycles. The molecule has 1 atom stereocenters. The quantitative estimate of drug-likeness (QED) is 0.887. The van der Waals surface area contributed by atoms with E-state index in [9.17, 15) is 4.79 Å². The molecule has 0 heterocycles. The van der Waals surface area contributed by atoms with Gasteiger partial charge in [0.2, 0.25) is 0 Å². The molecule has 0 spiro atoms. The molecule has 0 aliphatic heterocycles. The van der Waals surface area contributed by atoms with Gasteiger partial charge in [-0.25, -0.2) is 0 Å². The number of amides is 1. The van der Waals surface area contributed by atoms with Crippen LogP contribution in [0.1, 0.15) is 15.9 Å². The standard InChI is InChI=1S/C18H21ClN2O/c1-21(2)17(12-14-6-4-3-5-7-14)13-20-18(22)15-8-10-16(19)11-9-15/h3-11,17H,12-13H2,1-2H3,(H,20,22). The lowest BCUT2D eigenvalue weighted by Crippen LogP contribution is -2.41. The van der Waals surface area contributed by atoms with Gasteiger partial charge in [-0.15, -0.1) is 0 Å². The molecule has 0 bridgehead atoms. The summed E-state index contributed by atoms with van der Waals surface area (Å²) in [7, 11) is 4.06. The van der Waals surface area contributed by atoms with Crippen molar-refractivity contribution in [1.29, 1.82) is 0 Å². The first-order valence-corrected chi connectivity index (χ1v) is 7.68. The van der Waals surface area contributed by atoms with Crippen LogP contribution in [0.25, 0.3) is 0 Å². The molecule has 2 aromatic rings. The Balaban J connectivity index is 1.94. The average molecular weight is 317 g/mol. The minimum absolute atomic E-state index is 0.0726. The first kappa shape index (κ1) is 16.5. The molecule has 0 radical (unpaired) electrons. The van der Waals surface area contributed by atoms with E-state index < -0.39 is 0 Å². The van der Waals surface area contributed by atoms with Gasteiger partial charge < -0.3 is 10.2 Å². The van der Waals surface area contributed by atoms with Gasteiger partial charge in [0.25, 0.3) is 5.91 Å². The van der Waals surface area contributed by atoms with E-state index in [0.29, 0.717) is 17.1 Å². The number of likely N-dealkylation sites (N-methyl/N-ethyl adjacent to an activating group) is 1. The van der Waals surface area contributed by atoms with Gasteiger partial charge in [0.05, 0.1) is 0 Å². The van der Waals surface area contributed by atoms with E-state index in [2.05, 4.69) is 22.3 Å². The molecule has 116 valence electrons. The van der Waals surface area contributed by atoms with Crippen molar-refractivity contribution in [3.63, 3.8) is 0 Å². The molecule has 2 aromatic carbocycles. The molecule has 2 rings (SSSR count). The minimum atomic E-state index is -0.0726. The molecule has 1 unspecified atom stereocenters. The predicted molar refractivity (Wildman–Crippen MR) is 91.4 cm³/mol. The van der Waals surface area contributed by atoms with Gasteiger partial charge >= 0.3 is 0 Å². The number of carbonyl (C=O) groups excluding carboxylic acids is 1. The zero-order chi connectivity index (χ0) is 15.9. The van der Waals surface area contributed by atoms with E-state index in [0.717, 1.165) is 6.42 Å². The summed E-state index contributed by atoms with van der Waals surface area (Å²) in [4.78, 5) is 14.3. The summed E-state index contributed by atoms with van der Waals surface area (Å²) in [5.41, 5.74) is 1.89. The average Bonchev–Trinajstić information content (AvgIpc) is 2.52. The van der Waals surface area contributed by atoms with E-state index in [-0.39, 0.29) is 11.9 Å². The number of hydrogen-bond acceptors (Lipinski definition) is 2. The van der Waals surface area contributed by atoms with Crippen molar-refractivity contribution < 1.29 is 4.79 Å². The van der Waals surface area contributed by atoms with Crippen LogP contribution in [0.3, 0.4) is 0 Å². The largest absolute Gasteiger partial charge is 0.350 e. The summed E-state index contributed by atoms with van der Waals surface area (Å²) in [6.07, 6.45) is 0.898. The summed E-state index contributed by atoms with van der Waals surface area (Å²) in [5.74, 6) is -0.0726. The molecule has 1 amide bonds. The molecule has 4 heteroatoms. The summed E-state index contributed by atoms with van der Waals surface area (Å²) < 4.78 is 0. The molecule has 22 heavy (non-hydrogen) atoms. The summed E-state index contributed by atoms with van der Waals surface area (Å²) in [6, 6.07) is 17.5. The van der Waals surface area contributed by atoms with Crippen LogP contribution >= 0.6 is 11.6 Å². The third kappa shape index (κ3) is 4.86. The van der Waals surface area contributed by atoms with Crippen LogP contribution in [0.2, 0.25) is 5.02 Å². The molecule has 0 aromatic heterocycles. The van der Waals surface area contributed by atoms with E-state index in [1.807, 2.05) is 32.3 Å². The second kappa shape index (κ2) is 7.97. The highest BCUT2D eigenvalue weighted by molar-refractivity contribution is 6.30. The van der Waals surface area contributed by atoms with Crippen LogP contribution in [-0.2, 0) is 6.42 Å². The fourth-order valence-corrected chi connectivity index (χ4v) is 2.36. The molecular weight excluding hydrogens is 296 g/mol. The highest BCUT2D eigenvalue weighted by Crippen LogP contribution is 2.10. The smallest absolute Gasteiger partial charge is 0.251 e. The highest BCUT2D eigenvalue weighted by atomic mass is 35.5. The lowest BCUT2D eigenvalue weighted by Gasteiger charge is -2.24. The number of benzene rings is 2. The molecule has 0 aliphatic carbocycles. The fourth-order valence-electron chi connectivity index (χ4n) is 2.24. The van der Waals surface area contributed by atoms with Gasteiger partial charge in [0.15, 0.2) is 0 Å². The van der Waals surface area contributed by atoms with Gasteiger partial charge in [-0.3, -0.25) is 4.79 Å². The second-order valence-electron chi connectivity index (χ2n) is 5.52. The van der Waals surface area contributed by atoms with Crippen molar-refractivity contribution >= 4 is 17.5 Å². The number of halogens is 1. The Kier molecular flexibility index (Phi) is 5.99. The lowest BCUT2D eigenvalue weighted by atomic mass is 10.1. The van der Waals surface area contributed by atoms with Crippen molar-refractivity contribution in [3.8, 4) is 0 Å². The molecule has 3 nitrogen and oxygen atoms in total. The number of rotatable bonds is 6. The first-order chi connectivity index (χ1) is 10.6. The Morgan fingerprint density at radius 3 is 2.32 bits per heavy atom. The third-order valence-electron chi connectivity index (χ3n) is 3.65. The summed E-state index contributed by atoms with van der Waals surface area (Å²) in [6.45, 7) is 0.601. The van der Waals surface area contributed by atoms with Gasteiger partial charge in [0.1, 0.15) is 0 Å². The van der Waals surface area contributed by atoms with Crippen molar-refractivity contribution in [2.75, 3.05) is 20.6 Å². The van der Waals surface area contributed by atoms with Crippen molar-refractivity contribution in [2.24, 2.45) is 0 Å². The molecular formula is C18H21ClN2O. The van der Waals surface area contributed by atoms with Crippen LogP contribution in [0, 0.1) is 0 Å². The predicted octanol–water partition coefficient (Wildman–Crippen LogP) is 3.24. The summed E-state index contributed by atoms with van der Waals surface area (Å²) >= 11 is 5.84. The molecule has 1 N–H and O–H groups in total. The molecule has 0 aliphatic rings. The van der Waals surface area contributed by atoms with E-state index in [4.69, 9.17) is 11.6 Å². The van der Waals surface area contributed by atoms with Gasteiger partial charge in [-0.05, 0) is 50.3 Å². The number of carbonyl (C=O) groups is 1. The molecule has 0 saturated heterocycles. The number of nitrogens with one attached hydrogen (secondary N) is 1. The number of nitrogens with zero attached hydrogens (tertiary/aromatic N) is 1. The van der Waals surface area contributed by atoms with Gasteiger partial charge in [0, 0.05) is 23.2 Å². The Morgan fingerprint density at radius 1 is 1.09 bits per heavy atom. The highest BCUT2D eigenvalue weighted by Gasteiger charge is 2.14. The Labute approximate surface area is 136 Å². The maximum Gasteiger partial charge on any atom is 0.251 e. The van der Waals surface area contributed by atoms with Gasteiger partial charge in [-0.1, -0.05) is 41.9 Å². The van der Waals surface area contributed by atoms with Crippen LogP contribution in [0.5, 0.6) is 0 Å². The third-order valence-corrected chi connectivity index (χ3v) is 3.90. The second-order valence-corrected chi connectivity index (χ2v) is 5.96. The van der Waals surface area contributed by atoms with Gasteiger partial charge in [-0.2, -0.15) is 0 Å². The van der Waals surface area contributed by atoms with Crippen LogP contribution in [-0.4, -0.2) is 37.5 Å². The van der Waals surface area contributed by atoms with E-state index >= 15 is 0 Å². The Morgan fingerprint density at radius 2 is 1.73 bits per heavy atom. The van der Waals surface area contributed by atoms with Crippen molar-refractivity contribution in [1.82, 2.24) is 10.2 Å². The maximum atomic E-state index is 12.2. The van der Waals surface area contributed by atoms with Crippen molar-refractivity contribution in [3.05, 3.63) is 70.7 Å². The zero-order valence-corrected chi connectivity index (χ0v) is 13.7. The maximum absolute atomic E-state index is 12.2. The molecule has 0 fully saturated rings. The number of hydrogen-bond donors (Lipinski definition) is 1. The van der Waals surface area contributed by atoms with Crippen LogP contribution < -0.4 is 5.32 Å². The fraction of sp³-hybridized carbons (Fsp3) is 0.278. The topological polar surface area (TPSA) is 32.3 Å². The normalized spacial score (nSPS) is 12.2. The minimum Gasteiger partial charge on any atom is -0.350 e. The van der Waals surface area contributed by atoms with E-state index in [1.54, 1.807) is 24.3 Å². The first-order valence-electron chi connectivity index (χ1n) is 7.30. The van der Waals surface area contributed by atoms with E-state index in [1.165, 1.54) is 5.56 Å². The Bertz CT molecular complexity index is 596. The van der Waals surface area contributed by atoms with Crippen molar-refractivity contribution in [2.45, 2.75) is 12.5 Å². The summed E-state index contributed by atoms with van der Waals surface area (Å²) in [5, 5.41) is 3.63. The zero-order valence-electron chi connectivity index (χ0n) is 12.9. The lowest BCUT2D eigenvalue weighted by molar-refractivity contribution is 0.0941. The SMILES string of the molecule is CN(C)C(CNC(=O)c1ccc(Cl)cc1)Cc1ccccc1. The monoisotopic (exact) mass is 316 g/mol. The van der Waals surface area contributed by atoms with Crippen LogP contribution in [0.4, 0.5) is 0 Å². The Hall–Kier alpha value is -1.84.